The number of hydrogen-bond acceptors (Lipinski definition) is 3. The maximum atomic E-state index is 6.28. The van der Waals surface area contributed by atoms with Gasteiger partial charge in [0.1, 0.15) is 5.75 Å². The number of benzene rings is 2. The van der Waals surface area contributed by atoms with Crippen molar-refractivity contribution in [1.29, 1.82) is 0 Å². The largest absolute Gasteiger partial charge is 0.497 e. The van der Waals surface area contributed by atoms with Crippen molar-refractivity contribution in [2.45, 2.75) is 6.54 Å². The van der Waals surface area contributed by atoms with Crippen molar-refractivity contribution >= 4 is 46.2 Å². The maximum Gasteiger partial charge on any atom is 0.173 e. The molecule has 138 valence electrons. The lowest BCUT2D eigenvalue weighted by Crippen LogP contribution is -2.49. The Bertz CT molecular complexity index is 759. The van der Waals surface area contributed by atoms with Gasteiger partial charge in [-0.15, -0.1) is 0 Å². The number of methoxy groups -OCH3 is 1. The molecule has 0 aromatic heterocycles. The molecule has 1 aliphatic heterocycles. The van der Waals surface area contributed by atoms with Gasteiger partial charge in [-0.3, -0.25) is 4.90 Å². The number of nitrogens with zero attached hydrogens (tertiary/aromatic N) is 2. The van der Waals surface area contributed by atoms with E-state index in [0.29, 0.717) is 0 Å². The summed E-state index contributed by atoms with van der Waals surface area (Å²) in [5.41, 5.74) is 1.92. The molecule has 0 saturated carbocycles. The summed E-state index contributed by atoms with van der Waals surface area (Å²) in [6, 6.07) is 13.4. The maximum absolute atomic E-state index is 6.28. The summed E-state index contributed by atoms with van der Waals surface area (Å²) in [6.45, 7) is 4.28. The molecule has 0 radical (unpaired) electrons. The summed E-state index contributed by atoms with van der Waals surface area (Å²) in [6.07, 6.45) is 0. The van der Waals surface area contributed by atoms with Gasteiger partial charge in [0.2, 0.25) is 0 Å². The van der Waals surface area contributed by atoms with Crippen LogP contribution < -0.4 is 10.1 Å². The highest BCUT2D eigenvalue weighted by Crippen LogP contribution is 2.26. The van der Waals surface area contributed by atoms with Crippen LogP contribution in [0, 0.1) is 0 Å². The van der Waals surface area contributed by atoms with E-state index in [1.54, 1.807) is 7.11 Å². The molecule has 2 aromatic carbocycles. The molecule has 1 N–H and O–H groups in total. The van der Waals surface area contributed by atoms with Gasteiger partial charge >= 0.3 is 0 Å². The molecule has 3 rings (SSSR count). The number of hydrogen-bond donors (Lipinski definition) is 1. The zero-order valence-electron chi connectivity index (χ0n) is 14.5. The van der Waals surface area contributed by atoms with Crippen molar-refractivity contribution in [2.75, 3.05) is 38.6 Å². The second kappa shape index (κ2) is 8.91. The van der Waals surface area contributed by atoms with Gasteiger partial charge < -0.3 is 15.0 Å². The number of thiocarbonyl (C=S) groups is 1. The Labute approximate surface area is 169 Å². The van der Waals surface area contributed by atoms with Gasteiger partial charge in [-0.25, -0.2) is 0 Å². The summed E-state index contributed by atoms with van der Waals surface area (Å²) in [5, 5.41) is 5.45. The predicted octanol–water partition coefficient (Wildman–Crippen LogP) is 4.52. The van der Waals surface area contributed by atoms with Crippen LogP contribution in [0.15, 0.2) is 42.5 Å². The summed E-state index contributed by atoms with van der Waals surface area (Å²) in [4.78, 5) is 4.53. The topological polar surface area (TPSA) is 27.7 Å². The zero-order valence-corrected chi connectivity index (χ0v) is 16.9. The lowest BCUT2D eigenvalue weighted by atomic mass is 10.2. The van der Waals surface area contributed by atoms with Crippen molar-refractivity contribution in [2.24, 2.45) is 0 Å². The van der Waals surface area contributed by atoms with Gasteiger partial charge in [-0.1, -0.05) is 35.3 Å². The fraction of sp³-hybridized carbons (Fsp3) is 0.316. The van der Waals surface area contributed by atoms with Crippen LogP contribution >= 0.6 is 35.4 Å². The molecule has 0 atom stereocenters. The Kier molecular flexibility index (Phi) is 6.59. The minimum atomic E-state index is 0.718. The van der Waals surface area contributed by atoms with Crippen LogP contribution in [0.1, 0.15) is 5.56 Å². The van der Waals surface area contributed by atoms with Crippen molar-refractivity contribution in [1.82, 2.24) is 9.80 Å². The standard InChI is InChI=1S/C19H21Cl2N3OS/c1-25-15-5-2-4-14(12-15)22-19(26)24-10-8-23(9-11-24)13-16-17(20)6-3-7-18(16)21/h2-7,12H,8-11,13H2,1H3,(H,22,26). The van der Waals surface area contributed by atoms with Crippen LogP contribution in [-0.4, -0.2) is 48.2 Å². The van der Waals surface area contributed by atoms with Gasteiger partial charge in [0.15, 0.2) is 5.11 Å². The fourth-order valence-corrected chi connectivity index (χ4v) is 3.74. The SMILES string of the molecule is COc1cccc(NC(=S)N2CCN(Cc3c(Cl)cccc3Cl)CC2)c1. The van der Waals surface area contributed by atoms with Crippen molar-refractivity contribution in [3.63, 3.8) is 0 Å². The first-order valence-electron chi connectivity index (χ1n) is 8.42. The minimum absolute atomic E-state index is 0.718. The Morgan fingerprint density at radius 2 is 1.73 bits per heavy atom. The van der Waals surface area contributed by atoms with Crippen LogP contribution in [0.3, 0.4) is 0 Å². The van der Waals surface area contributed by atoms with Gasteiger partial charge in [0.25, 0.3) is 0 Å². The van der Waals surface area contributed by atoms with Gasteiger partial charge in [-0.05, 0) is 36.5 Å². The molecule has 0 aliphatic carbocycles. The summed E-state index contributed by atoms with van der Waals surface area (Å²) < 4.78 is 5.25. The van der Waals surface area contributed by atoms with Crippen LogP contribution in [0.25, 0.3) is 0 Å². The number of halogens is 2. The highest BCUT2D eigenvalue weighted by Gasteiger charge is 2.20. The highest BCUT2D eigenvalue weighted by molar-refractivity contribution is 7.80. The van der Waals surface area contributed by atoms with E-state index in [1.165, 1.54) is 0 Å². The lowest BCUT2D eigenvalue weighted by Gasteiger charge is -2.36. The number of piperazine rings is 1. The first-order valence-corrected chi connectivity index (χ1v) is 9.58. The molecule has 0 spiro atoms. The average molecular weight is 410 g/mol. The quantitative estimate of drug-likeness (QED) is 0.749. The van der Waals surface area contributed by atoms with Crippen LogP contribution in [-0.2, 0) is 6.54 Å². The average Bonchev–Trinajstić information content (AvgIpc) is 2.65. The van der Waals surface area contributed by atoms with Crippen LogP contribution in [0.5, 0.6) is 5.75 Å². The summed E-state index contributed by atoms with van der Waals surface area (Å²) in [5.74, 6) is 0.805. The van der Waals surface area contributed by atoms with E-state index in [4.69, 9.17) is 40.2 Å². The van der Waals surface area contributed by atoms with Crippen LogP contribution in [0.2, 0.25) is 10.0 Å². The molecule has 26 heavy (non-hydrogen) atoms. The molecular formula is C19H21Cl2N3OS. The second-order valence-corrected chi connectivity index (χ2v) is 7.33. The van der Waals surface area contributed by atoms with Crippen molar-refractivity contribution in [3.05, 3.63) is 58.1 Å². The minimum Gasteiger partial charge on any atom is -0.497 e. The monoisotopic (exact) mass is 409 g/mol. The normalized spacial score (nSPS) is 15.0. The van der Waals surface area contributed by atoms with E-state index in [-0.39, 0.29) is 0 Å². The molecule has 1 aliphatic rings. The number of ether oxygens (including phenoxy) is 1. The Hall–Kier alpha value is -1.53. The van der Waals surface area contributed by atoms with E-state index in [2.05, 4.69) is 15.1 Å². The summed E-state index contributed by atoms with van der Waals surface area (Å²) >= 11 is 18.1. The fourth-order valence-electron chi connectivity index (χ4n) is 2.92. The van der Waals surface area contributed by atoms with E-state index in [9.17, 15) is 0 Å². The smallest absolute Gasteiger partial charge is 0.173 e. The van der Waals surface area contributed by atoms with Gasteiger partial charge in [-0.2, -0.15) is 0 Å². The third-order valence-corrected chi connectivity index (χ3v) is 5.49. The van der Waals surface area contributed by atoms with E-state index < -0.39 is 0 Å². The van der Waals surface area contributed by atoms with E-state index in [0.717, 1.165) is 64.9 Å². The predicted molar refractivity (Wildman–Crippen MR) is 113 cm³/mol. The van der Waals surface area contributed by atoms with Crippen molar-refractivity contribution < 1.29 is 4.74 Å². The highest BCUT2D eigenvalue weighted by atomic mass is 35.5. The third-order valence-electron chi connectivity index (χ3n) is 4.42. The van der Waals surface area contributed by atoms with Crippen molar-refractivity contribution in [3.8, 4) is 5.75 Å². The summed E-state index contributed by atoms with van der Waals surface area (Å²) in [7, 11) is 1.65. The Balaban J connectivity index is 1.54. The number of nitrogens with one attached hydrogen (secondary N) is 1. The molecule has 2 aromatic rings. The number of rotatable bonds is 4. The second-order valence-electron chi connectivity index (χ2n) is 6.13. The molecule has 7 heteroatoms. The van der Waals surface area contributed by atoms with Gasteiger partial charge in [0, 0.05) is 60.1 Å². The zero-order chi connectivity index (χ0) is 18.5. The van der Waals surface area contributed by atoms with Gasteiger partial charge in [0.05, 0.1) is 7.11 Å². The molecule has 0 amide bonds. The van der Waals surface area contributed by atoms with Crippen LogP contribution in [0.4, 0.5) is 5.69 Å². The van der Waals surface area contributed by atoms with E-state index in [1.807, 2.05) is 42.5 Å². The number of anilines is 1. The molecule has 4 nitrogen and oxygen atoms in total. The third kappa shape index (κ3) is 4.80. The first-order chi connectivity index (χ1) is 12.6. The molecule has 1 heterocycles. The Morgan fingerprint density at radius 3 is 2.38 bits per heavy atom. The Morgan fingerprint density at radius 1 is 1.08 bits per heavy atom. The first kappa shape index (κ1) is 19.2. The lowest BCUT2D eigenvalue weighted by molar-refractivity contribution is 0.177. The molecular weight excluding hydrogens is 389 g/mol. The molecule has 1 fully saturated rings. The molecule has 0 bridgehead atoms. The van der Waals surface area contributed by atoms with E-state index >= 15 is 0 Å². The molecule has 0 unspecified atom stereocenters. The molecule has 1 saturated heterocycles.